The largest absolute Gasteiger partial charge is 0.382 e. The monoisotopic (exact) mass is 314 g/mol. The number of carbonyl (C=O) groups excluding carboxylic acids is 1. The molecule has 0 saturated heterocycles. The Labute approximate surface area is 123 Å². The van der Waals surface area contributed by atoms with Gasteiger partial charge in [0.2, 0.25) is 0 Å². The second-order valence-electron chi connectivity index (χ2n) is 5.15. The maximum atomic E-state index is 11.5. The van der Waals surface area contributed by atoms with Gasteiger partial charge >= 0.3 is 16.1 Å². The lowest BCUT2D eigenvalue weighted by Crippen LogP contribution is -2.21. The highest BCUT2D eigenvalue weighted by Crippen LogP contribution is 2.33. The molecule has 2 rings (SSSR count). The lowest BCUT2D eigenvalue weighted by Gasteiger charge is -2.22. The molecular formula is C14H18O6S. The molecule has 0 atom stereocenters. The van der Waals surface area contributed by atoms with E-state index >= 15 is 0 Å². The molecular weight excluding hydrogens is 296 g/mol. The third kappa shape index (κ3) is 4.71. The lowest BCUT2D eigenvalue weighted by atomic mass is 9.84. The van der Waals surface area contributed by atoms with Crippen LogP contribution >= 0.6 is 0 Å². The third-order valence-electron chi connectivity index (χ3n) is 3.58. The van der Waals surface area contributed by atoms with Crippen molar-refractivity contribution in [1.82, 2.24) is 0 Å². The Bertz CT molecular complexity index is 572. The lowest BCUT2D eigenvalue weighted by molar-refractivity contribution is -0.231. The Morgan fingerprint density at radius 1 is 1.14 bits per heavy atom. The number of carbonyl (C=O) groups is 1. The van der Waals surface area contributed by atoms with Crippen LogP contribution in [0.25, 0.3) is 0 Å². The summed E-state index contributed by atoms with van der Waals surface area (Å²) in [5.41, 5.74) is 1.18. The molecule has 0 bridgehead atoms. The van der Waals surface area contributed by atoms with Crippen LogP contribution in [0.3, 0.4) is 0 Å². The van der Waals surface area contributed by atoms with E-state index in [0.29, 0.717) is 5.92 Å². The van der Waals surface area contributed by atoms with E-state index < -0.39 is 21.8 Å². The molecule has 1 saturated carbocycles. The smallest absolute Gasteiger partial charge is 0.360 e. The molecule has 0 amide bonds. The topological polar surface area (TPSA) is 89.9 Å². The van der Waals surface area contributed by atoms with E-state index in [1.807, 2.05) is 12.1 Å². The van der Waals surface area contributed by atoms with E-state index in [9.17, 15) is 13.2 Å². The van der Waals surface area contributed by atoms with E-state index in [4.69, 9.17) is 9.44 Å². The highest BCUT2D eigenvalue weighted by molar-refractivity contribution is 7.87. The zero-order valence-electron chi connectivity index (χ0n) is 11.5. The van der Waals surface area contributed by atoms with Gasteiger partial charge in [-0.05, 0) is 36.5 Å². The molecule has 7 heteroatoms. The van der Waals surface area contributed by atoms with Crippen LogP contribution in [0.15, 0.2) is 24.3 Å². The van der Waals surface area contributed by atoms with Crippen molar-refractivity contribution in [3.8, 4) is 5.75 Å². The average molecular weight is 314 g/mol. The van der Waals surface area contributed by atoms with Crippen LogP contribution in [0.2, 0.25) is 0 Å². The molecule has 1 N–H and O–H groups in total. The van der Waals surface area contributed by atoms with Gasteiger partial charge in [-0.25, -0.2) is 4.79 Å². The predicted octanol–water partition coefficient (Wildman–Crippen LogP) is 2.46. The summed E-state index contributed by atoms with van der Waals surface area (Å²) in [7, 11) is -4.12. The number of hydrogen-bond donors (Lipinski definition) is 1. The Balaban J connectivity index is 2.00. The van der Waals surface area contributed by atoms with Gasteiger partial charge in [0.25, 0.3) is 0 Å². The van der Waals surface area contributed by atoms with Gasteiger partial charge < -0.3 is 4.18 Å². The highest BCUT2D eigenvalue weighted by Gasteiger charge is 2.21. The third-order valence-corrected chi connectivity index (χ3v) is 4.61. The van der Waals surface area contributed by atoms with Crippen molar-refractivity contribution in [2.24, 2.45) is 0 Å². The summed E-state index contributed by atoms with van der Waals surface area (Å²) < 4.78 is 27.8. The van der Waals surface area contributed by atoms with Gasteiger partial charge in [-0.1, -0.05) is 31.4 Å². The summed E-state index contributed by atoms with van der Waals surface area (Å²) >= 11 is 0. The fourth-order valence-corrected chi connectivity index (χ4v) is 3.38. The first-order valence-electron chi connectivity index (χ1n) is 6.86. The Morgan fingerprint density at radius 3 is 2.33 bits per heavy atom. The number of rotatable bonds is 5. The van der Waals surface area contributed by atoms with Crippen LogP contribution in [0, 0.1) is 0 Å². The first-order valence-corrected chi connectivity index (χ1v) is 8.44. The van der Waals surface area contributed by atoms with E-state index in [-0.39, 0.29) is 5.75 Å². The Morgan fingerprint density at radius 2 is 1.76 bits per heavy atom. The normalized spacial score (nSPS) is 16.4. The molecule has 1 aliphatic rings. The zero-order valence-corrected chi connectivity index (χ0v) is 12.3. The summed E-state index contributed by atoms with van der Waals surface area (Å²) in [5, 5.41) is 8.08. The Hall–Kier alpha value is -1.60. The molecule has 0 aromatic heterocycles. The maximum Gasteiger partial charge on any atom is 0.360 e. The number of hydrogen-bond acceptors (Lipinski definition) is 6. The number of benzene rings is 1. The van der Waals surface area contributed by atoms with Crippen molar-refractivity contribution in [3.05, 3.63) is 29.8 Å². The zero-order chi connectivity index (χ0) is 15.3. The van der Waals surface area contributed by atoms with Crippen molar-refractivity contribution >= 4 is 16.1 Å². The van der Waals surface area contributed by atoms with Crippen LogP contribution in [0.4, 0.5) is 0 Å². The van der Waals surface area contributed by atoms with Crippen molar-refractivity contribution in [2.75, 3.05) is 5.75 Å². The Kier molecular flexibility index (Phi) is 5.19. The molecule has 21 heavy (non-hydrogen) atoms. The summed E-state index contributed by atoms with van der Waals surface area (Å²) in [4.78, 5) is 14.1. The molecule has 6 nitrogen and oxygen atoms in total. The van der Waals surface area contributed by atoms with Gasteiger partial charge in [-0.2, -0.15) is 13.7 Å². The molecule has 116 valence electrons. The average Bonchev–Trinajstić information content (AvgIpc) is 2.48. The molecule has 1 fully saturated rings. The first-order chi connectivity index (χ1) is 10.00. The van der Waals surface area contributed by atoms with Crippen molar-refractivity contribution < 1.29 is 27.5 Å². The molecule has 0 radical (unpaired) electrons. The van der Waals surface area contributed by atoms with Crippen LogP contribution in [-0.2, 0) is 19.8 Å². The fraction of sp³-hybridized carbons (Fsp3) is 0.500. The molecule has 0 aliphatic heterocycles. The van der Waals surface area contributed by atoms with Gasteiger partial charge in [0.15, 0.2) is 5.75 Å². The second kappa shape index (κ2) is 6.91. The first kappa shape index (κ1) is 15.8. The summed E-state index contributed by atoms with van der Waals surface area (Å²) in [6.45, 7) is 0. The van der Waals surface area contributed by atoms with Gasteiger partial charge in [-0.3, -0.25) is 4.89 Å². The molecule has 1 aromatic rings. The minimum absolute atomic E-state index is 0.139. The van der Waals surface area contributed by atoms with Crippen molar-refractivity contribution in [3.63, 3.8) is 0 Å². The van der Waals surface area contributed by atoms with Gasteiger partial charge in [0.1, 0.15) is 5.75 Å². The van der Waals surface area contributed by atoms with Gasteiger partial charge in [-0.15, -0.1) is 0 Å². The molecule has 0 heterocycles. The molecule has 0 unspecified atom stereocenters. The van der Waals surface area contributed by atoms with Crippen LogP contribution in [-0.4, -0.2) is 25.4 Å². The van der Waals surface area contributed by atoms with Crippen molar-refractivity contribution in [2.45, 2.75) is 38.0 Å². The minimum Gasteiger partial charge on any atom is -0.382 e. The van der Waals surface area contributed by atoms with E-state index in [1.165, 1.54) is 24.8 Å². The van der Waals surface area contributed by atoms with Crippen molar-refractivity contribution in [1.29, 1.82) is 0 Å². The molecule has 0 spiro atoms. The predicted molar refractivity (Wildman–Crippen MR) is 75.4 cm³/mol. The van der Waals surface area contributed by atoms with E-state index in [0.717, 1.165) is 12.8 Å². The van der Waals surface area contributed by atoms with Gasteiger partial charge in [0.05, 0.1) is 0 Å². The SMILES string of the molecule is O=C(CS(=O)(=O)Oc1ccc(C2CCCCC2)cc1)OO. The van der Waals surface area contributed by atoms with Gasteiger partial charge in [0, 0.05) is 0 Å². The van der Waals surface area contributed by atoms with Crippen LogP contribution in [0.1, 0.15) is 43.6 Å². The summed E-state index contributed by atoms with van der Waals surface area (Å²) in [6, 6.07) is 6.86. The molecule has 1 aromatic carbocycles. The standard InChI is InChI=1S/C14H18O6S/c15-14(19-16)10-21(17,18)20-13-8-6-12(7-9-13)11-4-2-1-3-5-11/h6-9,11,16H,1-5,10H2. The van der Waals surface area contributed by atoms with Crippen LogP contribution in [0.5, 0.6) is 5.75 Å². The molecule has 1 aliphatic carbocycles. The summed E-state index contributed by atoms with van der Waals surface area (Å²) in [5.74, 6) is -1.66. The van der Waals surface area contributed by atoms with E-state index in [2.05, 4.69) is 4.89 Å². The quantitative estimate of drug-likeness (QED) is 0.510. The van der Waals surface area contributed by atoms with E-state index in [1.54, 1.807) is 12.1 Å². The highest BCUT2D eigenvalue weighted by atomic mass is 32.2. The fourth-order valence-electron chi connectivity index (χ4n) is 2.58. The summed E-state index contributed by atoms with van der Waals surface area (Å²) in [6.07, 6.45) is 6.03. The maximum absolute atomic E-state index is 11.5. The second-order valence-corrected chi connectivity index (χ2v) is 6.72. The minimum atomic E-state index is -4.12. The van der Waals surface area contributed by atoms with Crippen LogP contribution < -0.4 is 4.18 Å².